The summed E-state index contributed by atoms with van der Waals surface area (Å²) in [6.45, 7) is 1.51. The van der Waals surface area contributed by atoms with E-state index in [0.29, 0.717) is 22.3 Å². The first-order valence-electron chi connectivity index (χ1n) is 9.11. The van der Waals surface area contributed by atoms with E-state index < -0.39 is 29.0 Å². The van der Waals surface area contributed by atoms with Gasteiger partial charge in [0.25, 0.3) is 0 Å². The Balaban J connectivity index is 1.61. The maximum Gasteiger partial charge on any atom is 0.220 e. The fourth-order valence-corrected chi connectivity index (χ4v) is 3.02. The van der Waals surface area contributed by atoms with Crippen molar-refractivity contribution in [2.24, 2.45) is 4.99 Å². The summed E-state index contributed by atoms with van der Waals surface area (Å²) in [5.74, 6) is -2.64. The smallest absolute Gasteiger partial charge is 0.220 e. The highest BCUT2D eigenvalue weighted by atomic mass is 19.1. The molecule has 3 aromatic carbocycles. The van der Waals surface area contributed by atoms with E-state index in [2.05, 4.69) is 10.3 Å². The Morgan fingerprint density at radius 2 is 1.73 bits per heavy atom. The second kappa shape index (κ2) is 8.02. The molecule has 1 heterocycles. The van der Waals surface area contributed by atoms with E-state index in [1.54, 1.807) is 25.1 Å². The summed E-state index contributed by atoms with van der Waals surface area (Å²) in [7, 11) is 0. The lowest BCUT2D eigenvalue weighted by molar-refractivity contribution is 0.485. The summed E-state index contributed by atoms with van der Waals surface area (Å²) in [5.41, 5.74) is 1.36. The van der Waals surface area contributed by atoms with E-state index >= 15 is 0 Å². The Morgan fingerprint density at radius 1 is 0.933 bits per heavy atom. The van der Waals surface area contributed by atoms with Crippen molar-refractivity contribution in [1.82, 2.24) is 0 Å². The lowest BCUT2D eigenvalue weighted by atomic mass is 9.99. The largest absolute Gasteiger partial charge is 0.436 e. The molecule has 4 rings (SSSR count). The van der Waals surface area contributed by atoms with Crippen molar-refractivity contribution in [2.45, 2.75) is 13.5 Å². The highest BCUT2D eigenvalue weighted by Gasteiger charge is 2.18. The number of nitrogens with zero attached hydrogens (tertiary/aromatic N) is 1. The van der Waals surface area contributed by atoms with E-state index in [4.69, 9.17) is 4.74 Å². The molecule has 0 aliphatic carbocycles. The van der Waals surface area contributed by atoms with Crippen LogP contribution in [0, 0.1) is 30.2 Å². The van der Waals surface area contributed by atoms with Gasteiger partial charge in [0.05, 0.1) is 0 Å². The van der Waals surface area contributed by atoms with Gasteiger partial charge in [0.2, 0.25) is 5.90 Å². The first kappa shape index (κ1) is 19.7. The van der Waals surface area contributed by atoms with Crippen molar-refractivity contribution in [1.29, 1.82) is 0 Å². The molecule has 30 heavy (non-hydrogen) atoms. The predicted octanol–water partition coefficient (Wildman–Crippen LogP) is 6.14. The van der Waals surface area contributed by atoms with Crippen LogP contribution in [0.1, 0.15) is 11.1 Å². The topological polar surface area (TPSA) is 33.6 Å². The van der Waals surface area contributed by atoms with Crippen LogP contribution in [-0.2, 0) is 6.54 Å². The van der Waals surface area contributed by atoms with Crippen LogP contribution in [0.4, 0.5) is 23.2 Å². The maximum absolute atomic E-state index is 14.7. The third kappa shape index (κ3) is 3.91. The van der Waals surface area contributed by atoms with Crippen molar-refractivity contribution in [3.05, 3.63) is 95.2 Å². The number of halogens is 4. The van der Waals surface area contributed by atoms with Gasteiger partial charge < -0.3 is 10.1 Å². The normalized spacial score (nSPS) is 12.4. The van der Waals surface area contributed by atoms with Gasteiger partial charge in [-0.05, 0) is 65.6 Å². The molecule has 0 saturated heterocycles. The molecular formula is C23H16F4N2O. The molecule has 0 spiro atoms. The Bertz CT molecular complexity index is 1190. The first-order chi connectivity index (χ1) is 14.4. The van der Waals surface area contributed by atoms with Crippen LogP contribution in [-0.4, -0.2) is 5.90 Å². The molecule has 0 unspecified atom stereocenters. The van der Waals surface area contributed by atoms with E-state index in [1.165, 1.54) is 36.5 Å². The zero-order valence-electron chi connectivity index (χ0n) is 15.8. The number of anilines is 1. The van der Waals surface area contributed by atoms with Crippen molar-refractivity contribution in [3.63, 3.8) is 0 Å². The molecule has 0 saturated carbocycles. The number of rotatable bonds is 5. The average molecular weight is 412 g/mol. The molecule has 0 fully saturated rings. The fraction of sp³-hybridized carbons (Fsp3) is 0.0870. The standard InChI is InChI=1S/C23H16F4N2O/c1-13-16(9-15(11-19(13)26)14-3-2-4-17(24)10-14)12-29-23-18(25)5-6-20(22(23)27)30-21-7-8-28-21/h2-11,29H,12H2,1H3. The number of benzene rings is 3. The van der Waals surface area contributed by atoms with Crippen molar-refractivity contribution in [3.8, 4) is 16.9 Å². The molecule has 3 aromatic rings. The monoisotopic (exact) mass is 412 g/mol. The number of nitrogens with one attached hydrogen (secondary N) is 1. The fourth-order valence-electron chi connectivity index (χ4n) is 3.02. The van der Waals surface area contributed by atoms with Crippen LogP contribution in [0.25, 0.3) is 11.1 Å². The first-order valence-corrected chi connectivity index (χ1v) is 9.11. The van der Waals surface area contributed by atoms with Crippen LogP contribution >= 0.6 is 0 Å². The zero-order chi connectivity index (χ0) is 21.3. The highest BCUT2D eigenvalue weighted by molar-refractivity contribution is 5.94. The summed E-state index contributed by atoms with van der Waals surface area (Å²) < 4.78 is 62.2. The molecule has 0 amide bonds. The second-order valence-corrected chi connectivity index (χ2v) is 6.73. The third-order valence-corrected chi connectivity index (χ3v) is 4.75. The highest BCUT2D eigenvalue weighted by Crippen LogP contribution is 2.30. The minimum absolute atomic E-state index is 0.0515. The number of aliphatic imine (C=N–C) groups is 1. The molecule has 0 radical (unpaired) electrons. The molecule has 1 aliphatic rings. The van der Waals surface area contributed by atoms with Gasteiger partial charge >= 0.3 is 0 Å². The maximum atomic E-state index is 14.7. The van der Waals surface area contributed by atoms with Gasteiger partial charge in [0.15, 0.2) is 11.6 Å². The van der Waals surface area contributed by atoms with Crippen molar-refractivity contribution in [2.75, 3.05) is 5.32 Å². The van der Waals surface area contributed by atoms with Crippen molar-refractivity contribution >= 4 is 11.6 Å². The van der Waals surface area contributed by atoms with E-state index in [1.807, 2.05) is 0 Å². The summed E-state index contributed by atoms with van der Waals surface area (Å²) in [6.07, 6.45) is 3.03. The summed E-state index contributed by atoms with van der Waals surface area (Å²) in [5, 5.41) is 2.68. The van der Waals surface area contributed by atoms with Crippen LogP contribution in [0.3, 0.4) is 0 Å². The zero-order valence-corrected chi connectivity index (χ0v) is 15.8. The number of hydrogen-bond acceptors (Lipinski definition) is 3. The SMILES string of the molecule is Cc1c(F)cc(-c2cccc(F)c2)cc1CNc1c(F)ccc(OC2=NC=C2)c1F. The predicted molar refractivity (Wildman–Crippen MR) is 107 cm³/mol. The molecule has 1 aliphatic heterocycles. The van der Waals surface area contributed by atoms with E-state index in [0.717, 1.165) is 6.07 Å². The lowest BCUT2D eigenvalue weighted by Gasteiger charge is -2.15. The molecular weight excluding hydrogens is 396 g/mol. The van der Waals surface area contributed by atoms with Crippen LogP contribution in [0.15, 0.2) is 65.8 Å². The van der Waals surface area contributed by atoms with E-state index in [-0.39, 0.29) is 18.2 Å². The summed E-state index contributed by atoms with van der Waals surface area (Å²) in [6, 6.07) is 11.0. The molecule has 0 bridgehead atoms. The Morgan fingerprint density at radius 3 is 2.43 bits per heavy atom. The number of ether oxygens (including phenoxy) is 1. The molecule has 0 aromatic heterocycles. The quantitative estimate of drug-likeness (QED) is 0.511. The van der Waals surface area contributed by atoms with Gasteiger partial charge in [0, 0.05) is 18.8 Å². The molecule has 3 nitrogen and oxygen atoms in total. The Kier molecular flexibility index (Phi) is 5.27. The second-order valence-electron chi connectivity index (χ2n) is 6.73. The Labute approximate surface area is 170 Å². The van der Waals surface area contributed by atoms with Gasteiger partial charge in [-0.2, -0.15) is 0 Å². The minimum Gasteiger partial charge on any atom is -0.436 e. The molecule has 152 valence electrons. The Hall–Kier alpha value is -3.61. The van der Waals surface area contributed by atoms with Crippen LogP contribution in [0.2, 0.25) is 0 Å². The number of hydrogen-bond donors (Lipinski definition) is 1. The van der Waals surface area contributed by atoms with Crippen molar-refractivity contribution < 1.29 is 22.3 Å². The van der Waals surface area contributed by atoms with Gasteiger partial charge in [-0.15, -0.1) is 0 Å². The van der Waals surface area contributed by atoms with Crippen LogP contribution < -0.4 is 10.1 Å². The van der Waals surface area contributed by atoms with Gasteiger partial charge in [-0.1, -0.05) is 12.1 Å². The van der Waals surface area contributed by atoms with Gasteiger partial charge in [-0.3, -0.25) is 0 Å². The van der Waals surface area contributed by atoms with E-state index in [9.17, 15) is 17.6 Å². The minimum atomic E-state index is -0.919. The molecule has 0 atom stereocenters. The summed E-state index contributed by atoms with van der Waals surface area (Å²) in [4.78, 5) is 3.78. The third-order valence-electron chi connectivity index (χ3n) is 4.75. The summed E-state index contributed by atoms with van der Waals surface area (Å²) >= 11 is 0. The van der Waals surface area contributed by atoms with Gasteiger partial charge in [0.1, 0.15) is 23.1 Å². The molecule has 7 heteroatoms. The van der Waals surface area contributed by atoms with Gasteiger partial charge in [-0.25, -0.2) is 22.6 Å². The van der Waals surface area contributed by atoms with Crippen LogP contribution in [0.5, 0.6) is 5.75 Å². The molecule has 1 N–H and O–H groups in total. The average Bonchev–Trinajstić information content (AvgIpc) is 2.68. The lowest BCUT2D eigenvalue weighted by Crippen LogP contribution is -2.12.